The highest BCUT2D eigenvalue weighted by molar-refractivity contribution is 6.28. The lowest BCUT2D eigenvalue weighted by Gasteiger charge is -2.14. The first kappa shape index (κ1) is 10.7. The second kappa shape index (κ2) is 3.81. The summed E-state index contributed by atoms with van der Waals surface area (Å²) < 4.78 is 5.39. The normalized spacial score (nSPS) is 13.6. The molecular weight excluding hydrogens is 238 g/mol. The van der Waals surface area contributed by atoms with Gasteiger partial charge in [0.25, 0.3) is 0 Å². The fourth-order valence-electron chi connectivity index (χ4n) is 2.19. The first-order valence-corrected chi connectivity index (χ1v) is 6.05. The number of aryl methyl sites for hydroxylation is 2. The van der Waals surface area contributed by atoms with E-state index < -0.39 is 0 Å². The Morgan fingerprint density at radius 1 is 1.35 bits per heavy atom. The zero-order valence-electron chi connectivity index (χ0n) is 9.70. The third-order valence-electron chi connectivity index (χ3n) is 3.03. The molecule has 0 bridgehead atoms. The molecule has 88 valence electrons. The van der Waals surface area contributed by atoms with Crippen molar-refractivity contribution in [2.75, 3.05) is 0 Å². The van der Waals surface area contributed by atoms with Gasteiger partial charge in [-0.1, -0.05) is 19.0 Å². The molecule has 0 saturated carbocycles. The Labute approximate surface area is 104 Å². The van der Waals surface area contributed by atoms with Crippen molar-refractivity contribution in [2.24, 2.45) is 0 Å². The highest BCUT2D eigenvalue weighted by Crippen LogP contribution is 2.37. The van der Waals surface area contributed by atoms with Gasteiger partial charge < -0.3 is 4.52 Å². The van der Waals surface area contributed by atoms with Crippen molar-refractivity contribution in [2.45, 2.75) is 32.6 Å². The van der Waals surface area contributed by atoms with Crippen LogP contribution in [0.1, 0.15) is 36.8 Å². The summed E-state index contributed by atoms with van der Waals surface area (Å²) in [5, 5.41) is 4.42. The summed E-state index contributed by atoms with van der Waals surface area (Å²) in [6, 6.07) is 0. The number of hydrogen-bond donors (Lipinski definition) is 0. The van der Waals surface area contributed by atoms with E-state index in [1.807, 2.05) is 0 Å². The molecule has 0 amide bonds. The number of halogens is 1. The Morgan fingerprint density at radius 2 is 2.18 bits per heavy atom. The quantitative estimate of drug-likeness (QED) is 0.729. The predicted octanol–water partition coefficient (Wildman–Crippen LogP) is 3.01. The van der Waals surface area contributed by atoms with Gasteiger partial charge in [0.1, 0.15) is 5.76 Å². The minimum Gasteiger partial charge on any atom is -0.360 e. The van der Waals surface area contributed by atoms with Crippen LogP contribution < -0.4 is 0 Å². The van der Waals surface area contributed by atoms with Crippen molar-refractivity contribution < 1.29 is 4.52 Å². The summed E-state index contributed by atoms with van der Waals surface area (Å²) in [6.07, 6.45) is 3.53. The molecule has 17 heavy (non-hydrogen) atoms. The summed E-state index contributed by atoms with van der Waals surface area (Å²) in [4.78, 5) is 8.35. The molecule has 0 unspecified atom stereocenters. The second-order valence-electron chi connectivity index (χ2n) is 4.53. The third-order valence-corrected chi connectivity index (χ3v) is 3.21. The van der Waals surface area contributed by atoms with E-state index in [1.54, 1.807) is 6.20 Å². The van der Waals surface area contributed by atoms with Gasteiger partial charge in [-0.2, -0.15) is 0 Å². The molecule has 1 aliphatic rings. The molecule has 0 saturated heterocycles. The van der Waals surface area contributed by atoms with Gasteiger partial charge in [-0.15, -0.1) is 0 Å². The van der Waals surface area contributed by atoms with Gasteiger partial charge >= 0.3 is 0 Å². The molecule has 1 aliphatic carbocycles. The Kier molecular flexibility index (Phi) is 2.40. The first-order chi connectivity index (χ1) is 8.16. The molecule has 5 heteroatoms. The summed E-state index contributed by atoms with van der Waals surface area (Å²) in [7, 11) is 0. The van der Waals surface area contributed by atoms with Crippen LogP contribution in [0.2, 0.25) is 5.28 Å². The lowest BCUT2D eigenvalue weighted by Crippen LogP contribution is -2.06. The van der Waals surface area contributed by atoms with Crippen LogP contribution in [0.3, 0.4) is 0 Å². The standard InChI is InChI=1S/C12H12ClN3O/c1-6(2)10-9-8(17-16-10)4-3-7-5-14-12(13)15-11(7)9/h5-6H,3-4H2,1-2H3. The van der Waals surface area contributed by atoms with Gasteiger partial charge in [0, 0.05) is 12.6 Å². The Bertz CT molecular complexity index is 577. The number of fused-ring (bicyclic) bond motifs is 3. The van der Waals surface area contributed by atoms with E-state index in [0.717, 1.165) is 41.1 Å². The van der Waals surface area contributed by atoms with Crippen molar-refractivity contribution in [3.05, 3.63) is 28.5 Å². The van der Waals surface area contributed by atoms with Crippen LogP contribution in [-0.4, -0.2) is 15.1 Å². The van der Waals surface area contributed by atoms with Crippen LogP contribution >= 0.6 is 11.6 Å². The Morgan fingerprint density at radius 3 is 2.94 bits per heavy atom. The van der Waals surface area contributed by atoms with Gasteiger partial charge in [0.2, 0.25) is 5.28 Å². The van der Waals surface area contributed by atoms with Gasteiger partial charge in [-0.05, 0) is 29.5 Å². The largest absolute Gasteiger partial charge is 0.360 e. The molecule has 4 nitrogen and oxygen atoms in total. The molecule has 3 rings (SSSR count). The number of nitrogens with zero attached hydrogens (tertiary/aromatic N) is 3. The molecule has 0 atom stereocenters. The molecule has 0 spiro atoms. The third kappa shape index (κ3) is 1.63. The van der Waals surface area contributed by atoms with Crippen LogP contribution in [0.4, 0.5) is 0 Å². The second-order valence-corrected chi connectivity index (χ2v) is 4.87. The van der Waals surface area contributed by atoms with Crippen molar-refractivity contribution in [1.82, 2.24) is 15.1 Å². The zero-order chi connectivity index (χ0) is 12.0. The average Bonchev–Trinajstić information content (AvgIpc) is 2.73. The Hall–Kier alpha value is -1.42. The topological polar surface area (TPSA) is 51.8 Å². The Balaban J connectivity index is 2.26. The molecule has 0 aromatic carbocycles. The molecule has 0 aliphatic heterocycles. The highest BCUT2D eigenvalue weighted by Gasteiger charge is 2.27. The van der Waals surface area contributed by atoms with Crippen LogP contribution in [0, 0.1) is 0 Å². The summed E-state index contributed by atoms with van der Waals surface area (Å²) in [5.74, 6) is 1.22. The fourth-order valence-corrected chi connectivity index (χ4v) is 2.32. The molecule has 0 radical (unpaired) electrons. The molecule has 2 aromatic heterocycles. The van der Waals surface area contributed by atoms with Crippen LogP contribution in [0.25, 0.3) is 11.3 Å². The maximum Gasteiger partial charge on any atom is 0.222 e. The minimum absolute atomic E-state index is 0.271. The van der Waals surface area contributed by atoms with E-state index in [9.17, 15) is 0 Å². The maximum atomic E-state index is 5.87. The minimum atomic E-state index is 0.271. The van der Waals surface area contributed by atoms with Crippen LogP contribution in [0.5, 0.6) is 0 Å². The van der Waals surface area contributed by atoms with Gasteiger partial charge in [0.15, 0.2) is 0 Å². The lowest BCUT2D eigenvalue weighted by atomic mass is 9.91. The van der Waals surface area contributed by atoms with E-state index in [0.29, 0.717) is 5.92 Å². The SMILES string of the molecule is CC(C)c1noc2c1-c1nc(Cl)ncc1CC2. The zero-order valence-corrected chi connectivity index (χ0v) is 10.5. The van der Waals surface area contributed by atoms with Crippen molar-refractivity contribution in [3.8, 4) is 11.3 Å². The number of rotatable bonds is 1. The van der Waals surface area contributed by atoms with E-state index >= 15 is 0 Å². The first-order valence-electron chi connectivity index (χ1n) is 5.67. The summed E-state index contributed by atoms with van der Waals surface area (Å²) in [5.41, 5.74) is 3.98. The van der Waals surface area contributed by atoms with Crippen molar-refractivity contribution in [1.29, 1.82) is 0 Å². The predicted molar refractivity (Wildman–Crippen MR) is 64.0 cm³/mol. The molecule has 2 aromatic rings. The average molecular weight is 250 g/mol. The van der Waals surface area contributed by atoms with E-state index in [4.69, 9.17) is 16.1 Å². The van der Waals surface area contributed by atoms with Gasteiger partial charge in [-0.3, -0.25) is 0 Å². The monoisotopic (exact) mass is 249 g/mol. The van der Waals surface area contributed by atoms with E-state index in [2.05, 4.69) is 29.0 Å². The summed E-state index contributed by atoms with van der Waals surface area (Å²) in [6.45, 7) is 4.18. The molecule has 2 heterocycles. The lowest BCUT2D eigenvalue weighted by molar-refractivity contribution is 0.374. The van der Waals surface area contributed by atoms with Crippen LogP contribution in [-0.2, 0) is 12.8 Å². The van der Waals surface area contributed by atoms with Gasteiger partial charge in [0.05, 0.1) is 17.0 Å². The van der Waals surface area contributed by atoms with Crippen molar-refractivity contribution in [3.63, 3.8) is 0 Å². The molecule has 0 N–H and O–H groups in total. The van der Waals surface area contributed by atoms with E-state index in [1.165, 1.54) is 0 Å². The highest BCUT2D eigenvalue weighted by atomic mass is 35.5. The van der Waals surface area contributed by atoms with Gasteiger partial charge in [-0.25, -0.2) is 9.97 Å². The number of hydrogen-bond acceptors (Lipinski definition) is 4. The maximum absolute atomic E-state index is 5.87. The van der Waals surface area contributed by atoms with Crippen molar-refractivity contribution >= 4 is 11.6 Å². The number of aromatic nitrogens is 3. The molecular formula is C12H12ClN3O. The van der Waals surface area contributed by atoms with Crippen LogP contribution in [0.15, 0.2) is 10.7 Å². The van der Waals surface area contributed by atoms with E-state index in [-0.39, 0.29) is 5.28 Å². The fraction of sp³-hybridized carbons (Fsp3) is 0.417. The molecule has 0 fully saturated rings. The summed E-state index contributed by atoms with van der Waals surface area (Å²) >= 11 is 5.87. The smallest absolute Gasteiger partial charge is 0.222 e.